The predicted molar refractivity (Wildman–Crippen MR) is 104 cm³/mol. The van der Waals surface area contributed by atoms with E-state index in [4.69, 9.17) is 23.2 Å². The number of sulfonamides is 1. The van der Waals surface area contributed by atoms with Crippen LogP contribution in [-0.2, 0) is 21.4 Å². The molecule has 0 bridgehead atoms. The first-order chi connectivity index (χ1) is 12.3. The molecule has 0 saturated heterocycles. The van der Waals surface area contributed by atoms with Crippen LogP contribution in [0.3, 0.4) is 0 Å². The Morgan fingerprint density at radius 3 is 2.35 bits per heavy atom. The van der Waals surface area contributed by atoms with Gasteiger partial charge < -0.3 is 5.32 Å². The van der Waals surface area contributed by atoms with E-state index in [-0.39, 0.29) is 23.9 Å². The summed E-state index contributed by atoms with van der Waals surface area (Å²) in [6.07, 6.45) is 0.764. The number of rotatable bonds is 8. The van der Waals surface area contributed by atoms with Gasteiger partial charge >= 0.3 is 0 Å². The smallest absolute Gasteiger partial charge is 0.243 e. The molecular weight excluding hydrogens is 395 g/mol. The summed E-state index contributed by atoms with van der Waals surface area (Å²) in [6, 6.07) is 12.8. The van der Waals surface area contributed by atoms with E-state index in [1.807, 2.05) is 6.92 Å². The normalized spacial score (nSPS) is 11.5. The Balaban J connectivity index is 2.34. The molecule has 0 aliphatic heterocycles. The zero-order valence-electron chi connectivity index (χ0n) is 14.3. The molecule has 8 heteroatoms. The molecule has 0 radical (unpaired) electrons. The Bertz CT molecular complexity index is 855. The van der Waals surface area contributed by atoms with Crippen molar-refractivity contribution in [3.8, 4) is 0 Å². The van der Waals surface area contributed by atoms with Crippen LogP contribution in [-0.4, -0.2) is 31.7 Å². The van der Waals surface area contributed by atoms with Gasteiger partial charge in [-0.25, -0.2) is 8.42 Å². The molecule has 0 unspecified atom stereocenters. The van der Waals surface area contributed by atoms with Gasteiger partial charge in [-0.05, 0) is 42.3 Å². The van der Waals surface area contributed by atoms with Gasteiger partial charge in [0.15, 0.2) is 0 Å². The fourth-order valence-corrected chi connectivity index (χ4v) is 3.97. The molecule has 0 aliphatic rings. The molecule has 0 heterocycles. The SMILES string of the molecule is CCCNC(=O)CN(Cc1ccccc1Cl)S(=O)(=O)c1ccc(Cl)cc1. The molecule has 0 saturated carbocycles. The monoisotopic (exact) mass is 414 g/mol. The lowest BCUT2D eigenvalue weighted by Gasteiger charge is -2.22. The first kappa shape index (κ1) is 20.7. The lowest BCUT2D eigenvalue weighted by atomic mass is 10.2. The average Bonchev–Trinajstić information content (AvgIpc) is 2.61. The van der Waals surface area contributed by atoms with Gasteiger partial charge in [0, 0.05) is 23.1 Å². The first-order valence-electron chi connectivity index (χ1n) is 8.10. The van der Waals surface area contributed by atoms with Crippen LogP contribution in [0, 0.1) is 0 Å². The zero-order chi connectivity index (χ0) is 19.2. The molecule has 0 spiro atoms. The Labute approximate surface area is 164 Å². The second-order valence-electron chi connectivity index (χ2n) is 5.67. The van der Waals surface area contributed by atoms with Crippen molar-refractivity contribution in [3.05, 3.63) is 64.1 Å². The third-order valence-corrected chi connectivity index (χ3v) is 6.07. The molecule has 0 atom stereocenters. The van der Waals surface area contributed by atoms with E-state index in [9.17, 15) is 13.2 Å². The highest BCUT2D eigenvalue weighted by Crippen LogP contribution is 2.23. The Morgan fingerprint density at radius 2 is 1.73 bits per heavy atom. The van der Waals surface area contributed by atoms with Crippen LogP contribution < -0.4 is 5.32 Å². The van der Waals surface area contributed by atoms with E-state index in [0.29, 0.717) is 22.2 Å². The number of nitrogens with zero attached hydrogens (tertiary/aromatic N) is 1. The summed E-state index contributed by atoms with van der Waals surface area (Å²) in [5, 5.41) is 3.57. The molecule has 1 amide bonds. The van der Waals surface area contributed by atoms with E-state index >= 15 is 0 Å². The fourth-order valence-electron chi connectivity index (χ4n) is 2.28. The van der Waals surface area contributed by atoms with Crippen molar-refractivity contribution in [2.24, 2.45) is 0 Å². The van der Waals surface area contributed by atoms with E-state index in [2.05, 4.69) is 5.32 Å². The van der Waals surface area contributed by atoms with Crippen LogP contribution in [0.2, 0.25) is 10.0 Å². The van der Waals surface area contributed by atoms with Gasteiger partial charge in [-0.2, -0.15) is 4.31 Å². The summed E-state index contributed by atoms with van der Waals surface area (Å²) in [7, 11) is -3.90. The molecule has 0 aliphatic carbocycles. The van der Waals surface area contributed by atoms with E-state index in [0.717, 1.165) is 10.7 Å². The van der Waals surface area contributed by atoms with Gasteiger partial charge in [0.05, 0.1) is 11.4 Å². The first-order valence-corrected chi connectivity index (χ1v) is 10.3. The quantitative estimate of drug-likeness (QED) is 0.715. The third kappa shape index (κ3) is 5.45. The molecule has 26 heavy (non-hydrogen) atoms. The van der Waals surface area contributed by atoms with Gasteiger partial charge in [-0.15, -0.1) is 0 Å². The van der Waals surface area contributed by atoms with Gasteiger partial charge in [-0.1, -0.05) is 48.3 Å². The maximum Gasteiger partial charge on any atom is 0.243 e. The highest BCUT2D eigenvalue weighted by Gasteiger charge is 2.27. The summed E-state index contributed by atoms with van der Waals surface area (Å²) >= 11 is 12.0. The Kier molecular flexibility index (Phi) is 7.46. The number of amides is 1. The third-order valence-electron chi connectivity index (χ3n) is 3.65. The van der Waals surface area contributed by atoms with Crippen molar-refractivity contribution >= 4 is 39.1 Å². The van der Waals surface area contributed by atoms with Gasteiger partial charge in [0.1, 0.15) is 0 Å². The summed E-state index contributed by atoms with van der Waals surface area (Å²) in [6.45, 7) is 2.10. The highest BCUT2D eigenvalue weighted by atomic mass is 35.5. The van der Waals surface area contributed by atoms with Crippen LogP contribution in [0.4, 0.5) is 0 Å². The van der Waals surface area contributed by atoms with Gasteiger partial charge in [0.2, 0.25) is 15.9 Å². The fraction of sp³-hybridized carbons (Fsp3) is 0.278. The maximum atomic E-state index is 13.0. The maximum absolute atomic E-state index is 13.0. The van der Waals surface area contributed by atoms with Crippen LogP contribution in [0.1, 0.15) is 18.9 Å². The number of halogens is 2. The molecule has 2 aromatic carbocycles. The number of carbonyl (C=O) groups excluding carboxylic acids is 1. The molecule has 5 nitrogen and oxygen atoms in total. The predicted octanol–water partition coefficient (Wildman–Crippen LogP) is 3.71. The van der Waals surface area contributed by atoms with Crippen molar-refractivity contribution < 1.29 is 13.2 Å². The van der Waals surface area contributed by atoms with Crippen LogP contribution >= 0.6 is 23.2 Å². The van der Waals surface area contributed by atoms with Crippen molar-refractivity contribution in [1.82, 2.24) is 9.62 Å². The zero-order valence-corrected chi connectivity index (χ0v) is 16.6. The molecule has 0 fully saturated rings. The summed E-state index contributed by atoms with van der Waals surface area (Å²) in [5.41, 5.74) is 0.620. The van der Waals surface area contributed by atoms with Crippen molar-refractivity contribution in [2.75, 3.05) is 13.1 Å². The number of nitrogens with one attached hydrogen (secondary N) is 1. The number of hydrogen-bond donors (Lipinski definition) is 1. The minimum absolute atomic E-state index is 0.00974. The largest absolute Gasteiger partial charge is 0.355 e. The van der Waals surface area contributed by atoms with E-state index in [1.54, 1.807) is 24.3 Å². The van der Waals surface area contributed by atoms with Gasteiger partial charge in [-0.3, -0.25) is 4.79 Å². The Morgan fingerprint density at radius 1 is 1.08 bits per heavy atom. The molecule has 140 valence electrons. The Hall–Kier alpha value is -1.60. The van der Waals surface area contributed by atoms with Crippen LogP contribution in [0.5, 0.6) is 0 Å². The summed E-state index contributed by atoms with van der Waals surface area (Å²) in [4.78, 5) is 12.2. The standard InChI is InChI=1S/C18H20Cl2N2O3S/c1-2-11-21-18(23)13-22(12-14-5-3-4-6-17(14)20)26(24,25)16-9-7-15(19)8-10-16/h3-10H,2,11-13H2,1H3,(H,21,23). The minimum Gasteiger partial charge on any atom is -0.355 e. The van der Waals surface area contributed by atoms with Crippen LogP contribution in [0.25, 0.3) is 0 Å². The number of hydrogen-bond acceptors (Lipinski definition) is 3. The van der Waals surface area contributed by atoms with Crippen molar-refractivity contribution in [3.63, 3.8) is 0 Å². The van der Waals surface area contributed by atoms with E-state index in [1.165, 1.54) is 24.3 Å². The molecular formula is C18H20Cl2N2O3S. The minimum atomic E-state index is -3.90. The highest BCUT2D eigenvalue weighted by molar-refractivity contribution is 7.89. The molecule has 1 N–H and O–H groups in total. The lowest BCUT2D eigenvalue weighted by Crippen LogP contribution is -2.40. The summed E-state index contributed by atoms with van der Waals surface area (Å²) < 4.78 is 27.2. The van der Waals surface area contributed by atoms with E-state index < -0.39 is 10.0 Å². The second kappa shape index (κ2) is 9.37. The second-order valence-corrected chi connectivity index (χ2v) is 8.45. The molecule has 0 aromatic heterocycles. The molecule has 2 rings (SSSR count). The number of carbonyl (C=O) groups is 1. The topological polar surface area (TPSA) is 66.5 Å². The summed E-state index contributed by atoms with van der Waals surface area (Å²) in [5.74, 6) is -0.364. The molecule has 2 aromatic rings. The number of benzene rings is 2. The van der Waals surface area contributed by atoms with Crippen molar-refractivity contribution in [2.45, 2.75) is 24.8 Å². The average molecular weight is 415 g/mol. The van der Waals surface area contributed by atoms with Crippen molar-refractivity contribution in [1.29, 1.82) is 0 Å². The van der Waals surface area contributed by atoms with Crippen LogP contribution in [0.15, 0.2) is 53.4 Å². The lowest BCUT2D eigenvalue weighted by molar-refractivity contribution is -0.121. The van der Waals surface area contributed by atoms with Gasteiger partial charge in [0.25, 0.3) is 0 Å².